The summed E-state index contributed by atoms with van der Waals surface area (Å²) in [7, 11) is 0. The number of benzene rings is 2. The summed E-state index contributed by atoms with van der Waals surface area (Å²) in [6, 6.07) is 14.6. The fourth-order valence-corrected chi connectivity index (χ4v) is 4.23. The van der Waals surface area contributed by atoms with E-state index in [1.165, 1.54) is 10.8 Å². The molecule has 2 unspecified atom stereocenters. The van der Waals surface area contributed by atoms with Crippen LogP contribution in [0.3, 0.4) is 0 Å². The predicted molar refractivity (Wildman–Crippen MR) is 109 cm³/mol. The molecule has 0 spiro atoms. The fraction of sp³-hybridized carbons (Fsp3) is 0.476. The van der Waals surface area contributed by atoms with Crippen molar-refractivity contribution < 1.29 is 9.53 Å². The number of fused-ring (bicyclic) bond motifs is 1. The minimum atomic E-state index is 0.104. The van der Waals surface area contributed by atoms with Crippen LogP contribution in [0.2, 0.25) is 0 Å². The predicted octanol–water partition coefficient (Wildman–Crippen LogP) is 3.55. The molecule has 4 nitrogen and oxygen atoms in total. The number of ether oxygens (including phenoxy) is 1. The first-order valence-corrected chi connectivity index (χ1v) is 10.3. The van der Waals surface area contributed by atoms with Gasteiger partial charge in [0.1, 0.15) is 0 Å². The molecule has 140 valence electrons. The average Bonchev–Trinajstić information content (AvgIpc) is 2.62. The Kier molecular flexibility index (Phi) is 6.94. The van der Waals surface area contributed by atoms with Gasteiger partial charge < -0.3 is 10.1 Å². The van der Waals surface area contributed by atoms with Gasteiger partial charge in [-0.25, -0.2) is 0 Å². The standard InChI is InChI=1S/C21H28N2O2S/c1-16-13-23(14-17(2)25-16)11-5-10-22-21(24)15-26-20-9-8-18-6-3-4-7-19(18)12-20/h3-4,6-9,12,16-17H,5,10-11,13-15H2,1-2H3,(H,22,24). The van der Waals surface area contributed by atoms with Crippen LogP contribution in [-0.4, -0.2) is 54.9 Å². The van der Waals surface area contributed by atoms with Crippen molar-refractivity contribution in [2.45, 2.75) is 37.4 Å². The van der Waals surface area contributed by atoms with Gasteiger partial charge in [0.05, 0.1) is 18.0 Å². The maximum atomic E-state index is 12.1. The Hall–Kier alpha value is -1.56. The molecule has 0 saturated carbocycles. The van der Waals surface area contributed by atoms with Crippen LogP contribution in [0.4, 0.5) is 0 Å². The Morgan fingerprint density at radius 1 is 1.15 bits per heavy atom. The summed E-state index contributed by atoms with van der Waals surface area (Å²) < 4.78 is 5.75. The van der Waals surface area contributed by atoms with Gasteiger partial charge in [-0.3, -0.25) is 9.69 Å². The normalized spacial score (nSPS) is 21.0. The van der Waals surface area contributed by atoms with Gasteiger partial charge in [0.2, 0.25) is 5.91 Å². The number of amides is 1. The van der Waals surface area contributed by atoms with Crippen molar-refractivity contribution in [3.63, 3.8) is 0 Å². The summed E-state index contributed by atoms with van der Waals surface area (Å²) in [6.45, 7) is 7.95. The second-order valence-corrected chi connectivity index (χ2v) is 8.07. The molecule has 1 heterocycles. The Morgan fingerprint density at radius 2 is 1.88 bits per heavy atom. The van der Waals surface area contributed by atoms with Gasteiger partial charge in [0.15, 0.2) is 0 Å². The van der Waals surface area contributed by atoms with Gasteiger partial charge >= 0.3 is 0 Å². The lowest BCUT2D eigenvalue weighted by molar-refractivity contribution is -0.118. The molecule has 0 bridgehead atoms. The van der Waals surface area contributed by atoms with Gasteiger partial charge in [-0.05, 0) is 43.2 Å². The number of carbonyl (C=O) groups is 1. The zero-order chi connectivity index (χ0) is 18.4. The molecule has 0 aliphatic carbocycles. The van der Waals surface area contributed by atoms with E-state index in [0.29, 0.717) is 18.0 Å². The second kappa shape index (κ2) is 9.40. The van der Waals surface area contributed by atoms with Crippen LogP contribution >= 0.6 is 11.8 Å². The van der Waals surface area contributed by atoms with Crippen molar-refractivity contribution in [3.05, 3.63) is 42.5 Å². The van der Waals surface area contributed by atoms with E-state index in [9.17, 15) is 4.79 Å². The first-order valence-electron chi connectivity index (χ1n) is 9.36. The van der Waals surface area contributed by atoms with E-state index in [0.717, 1.165) is 37.5 Å². The summed E-state index contributed by atoms with van der Waals surface area (Å²) in [5.41, 5.74) is 0. The van der Waals surface area contributed by atoms with Gasteiger partial charge in [0.25, 0.3) is 0 Å². The Morgan fingerprint density at radius 3 is 2.65 bits per heavy atom. The van der Waals surface area contributed by atoms with Crippen LogP contribution in [0.5, 0.6) is 0 Å². The number of thioether (sulfide) groups is 1. The lowest BCUT2D eigenvalue weighted by Gasteiger charge is -2.35. The third kappa shape index (κ3) is 5.73. The van der Waals surface area contributed by atoms with E-state index in [-0.39, 0.29) is 5.91 Å². The second-order valence-electron chi connectivity index (χ2n) is 7.02. The van der Waals surface area contributed by atoms with E-state index in [4.69, 9.17) is 4.74 Å². The highest BCUT2D eigenvalue weighted by Gasteiger charge is 2.21. The number of carbonyl (C=O) groups excluding carboxylic acids is 1. The minimum Gasteiger partial charge on any atom is -0.373 e. The van der Waals surface area contributed by atoms with E-state index < -0.39 is 0 Å². The molecule has 1 saturated heterocycles. The summed E-state index contributed by atoms with van der Waals surface area (Å²) in [4.78, 5) is 15.6. The monoisotopic (exact) mass is 372 g/mol. The van der Waals surface area contributed by atoms with Gasteiger partial charge in [0, 0.05) is 31.1 Å². The van der Waals surface area contributed by atoms with Gasteiger partial charge in [-0.15, -0.1) is 11.8 Å². The average molecular weight is 373 g/mol. The molecule has 1 N–H and O–H groups in total. The van der Waals surface area contributed by atoms with Crippen molar-refractivity contribution >= 4 is 28.4 Å². The first kappa shape index (κ1) is 19.2. The molecule has 1 aliphatic heterocycles. The molecule has 1 fully saturated rings. The van der Waals surface area contributed by atoms with Crippen molar-refractivity contribution in [2.24, 2.45) is 0 Å². The van der Waals surface area contributed by atoms with Crippen LogP contribution in [0.25, 0.3) is 10.8 Å². The minimum absolute atomic E-state index is 0.104. The molecule has 26 heavy (non-hydrogen) atoms. The van der Waals surface area contributed by atoms with Crippen LogP contribution in [0.15, 0.2) is 47.4 Å². The van der Waals surface area contributed by atoms with Crippen molar-refractivity contribution in [3.8, 4) is 0 Å². The lowest BCUT2D eigenvalue weighted by Crippen LogP contribution is -2.46. The lowest BCUT2D eigenvalue weighted by atomic mass is 10.1. The fourth-order valence-electron chi connectivity index (χ4n) is 3.45. The number of hydrogen-bond donors (Lipinski definition) is 1. The highest BCUT2D eigenvalue weighted by molar-refractivity contribution is 8.00. The third-order valence-corrected chi connectivity index (χ3v) is 5.55. The maximum Gasteiger partial charge on any atom is 0.230 e. The molecular weight excluding hydrogens is 344 g/mol. The zero-order valence-electron chi connectivity index (χ0n) is 15.6. The molecule has 5 heteroatoms. The van der Waals surface area contributed by atoms with Crippen LogP contribution < -0.4 is 5.32 Å². The van der Waals surface area contributed by atoms with Crippen molar-refractivity contribution in [1.82, 2.24) is 10.2 Å². The van der Waals surface area contributed by atoms with E-state index in [2.05, 4.69) is 54.4 Å². The first-order chi connectivity index (χ1) is 12.6. The Labute approximate surface area is 160 Å². The van der Waals surface area contributed by atoms with Gasteiger partial charge in [-0.2, -0.15) is 0 Å². The Balaban J connectivity index is 1.35. The molecule has 0 aromatic heterocycles. The van der Waals surface area contributed by atoms with Crippen LogP contribution in [0.1, 0.15) is 20.3 Å². The van der Waals surface area contributed by atoms with E-state index >= 15 is 0 Å². The Bertz CT molecular complexity index is 727. The quantitative estimate of drug-likeness (QED) is 0.596. The summed E-state index contributed by atoms with van der Waals surface area (Å²) >= 11 is 1.59. The molecule has 2 aromatic carbocycles. The van der Waals surface area contributed by atoms with E-state index in [1.54, 1.807) is 11.8 Å². The van der Waals surface area contributed by atoms with E-state index in [1.807, 2.05) is 12.1 Å². The van der Waals surface area contributed by atoms with Crippen LogP contribution in [-0.2, 0) is 9.53 Å². The molecule has 1 amide bonds. The topological polar surface area (TPSA) is 41.6 Å². The smallest absolute Gasteiger partial charge is 0.230 e. The number of rotatable bonds is 7. The molecular formula is C21H28N2O2S. The number of hydrogen-bond acceptors (Lipinski definition) is 4. The number of nitrogens with zero attached hydrogens (tertiary/aromatic N) is 1. The SMILES string of the molecule is CC1CN(CCCNC(=O)CSc2ccc3ccccc3c2)CC(C)O1. The largest absolute Gasteiger partial charge is 0.373 e. The molecule has 0 radical (unpaired) electrons. The van der Waals surface area contributed by atoms with Crippen molar-refractivity contribution in [1.29, 1.82) is 0 Å². The van der Waals surface area contributed by atoms with Gasteiger partial charge in [-0.1, -0.05) is 30.3 Å². The molecule has 3 rings (SSSR count). The summed E-state index contributed by atoms with van der Waals surface area (Å²) in [6.07, 6.45) is 1.57. The third-order valence-electron chi connectivity index (χ3n) is 4.56. The zero-order valence-corrected chi connectivity index (χ0v) is 16.4. The summed E-state index contributed by atoms with van der Waals surface area (Å²) in [5.74, 6) is 0.566. The maximum absolute atomic E-state index is 12.1. The highest BCUT2D eigenvalue weighted by atomic mass is 32.2. The molecule has 2 atom stereocenters. The number of nitrogens with one attached hydrogen (secondary N) is 1. The van der Waals surface area contributed by atoms with Crippen molar-refractivity contribution in [2.75, 3.05) is 31.9 Å². The molecule has 1 aliphatic rings. The highest BCUT2D eigenvalue weighted by Crippen LogP contribution is 2.23. The number of morpholine rings is 1. The molecule has 2 aromatic rings. The van der Waals surface area contributed by atoms with Crippen LogP contribution in [0, 0.1) is 0 Å². The summed E-state index contributed by atoms with van der Waals surface area (Å²) in [5, 5.41) is 5.48.